The van der Waals surface area contributed by atoms with E-state index in [2.05, 4.69) is 5.16 Å². The van der Waals surface area contributed by atoms with Crippen LogP contribution in [0.2, 0.25) is 0 Å². The van der Waals surface area contributed by atoms with Crippen LogP contribution in [0.25, 0.3) is 0 Å². The molecule has 2 aliphatic rings. The van der Waals surface area contributed by atoms with E-state index in [1.54, 1.807) is 14.2 Å². The van der Waals surface area contributed by atoms with Crippen molar-refractivity contribution >= 4 is 17.5 Å². The Morgan fingerprint density at radius 3 is 1.79 bits per heavy atom. The number of ether oxygens (including phenoxy) is 2. The lowest BCUT2D eigenvalue weighted by Crippen LogP contribution is -2.51. The van der Waals surface area contributed by atoms with E-state index < -0.39 is 23.2 Å². The zero-order valence-corrected chi connectivity index (χ0v) is 19.1. The topological polar surface area (TPSA) is 74.2 Å². The zero-order chi connectivity index (χ0) is 23.7. The molecule has 0 amide bonds. The fraction of sp³-hybridized carbons (Fsp3) is 0.250. The number of oxime groups is 1. The first-order valence-corrected chi connectivity index (χ1v) is 11.2. The minimum absolute atomic E-state index is 0.0598. The van der Waals surface area contributed by atoms with E-state index in [0.29, 0.717) is 17.2 Å². The molecule has 172 valence electrons. The van der Waals surface area contributed by atoms with E-state index in [-0.39, 0.29) is 18.6 Å². The van der Waals surface area contributed by atoms with Gasteiger partial charge in [0.25, 0.3) is 0 Å². The van der Waals surface area contributed by atoms with Gasteiger partial charge in [-0.3, -0.25) is 4.79 Å². The van der Waals surface area contributed by atoms with Crippen molar-refractivity contribution in [3.05, 3.63) is 95.6 Å². The maximum atomic E-state index is 13.9. The van der Waals surface area contributed by atoms with Gasteiger partial charge in [0.05, 0.1) is 14.2 Å². The number of para-hydroxylation sites is 2. The lowest BCUT2D eigenvalue weighted by Gasteiger charge is -2.45. The summed E-state index contributed by atoms with van der Waals surface area (Å²) < 4.78 is 11.3. The lowest BCUT2D eigenvalue weighted by atomic mass is 9.53. The molecule has 1 aliphatic carbocycles. The number of nitrogens with zero attached hydrogens (tertiary/aromatic N) is 1. The number of Topliss-reactive ketones (excluding diaryl/α,β-unsaturated/α-hetero) is 1. The van der Waals surface area contributed by atoms with Crippen LogP contribution >= 0.6 is 0 Å². The second-order valence-electron chi connectivity index (χ2n) is 8.59. The summed E-state index contributed by atoms with van der Waals surface area (Å²) in [7, 11) is 3.18. The predicted molar refractivity (Wildman–Crippen MR) is 127 cm³/mol. The Morgan fingerprint density at radius 1 is 0.765 bits per heavy atom. The quantitative estimate of drug-likeness (QED) is 0.513. The summed E-state index contributed by atoms with van der Waals surface area (Å²) in [4.78, 5) is 32.6. The van der Waals surface area contributed by atoms with Crippen LogP contribution in [0.3, 0.4) is 0 Å². The van der Waals surface area contributed by atoms with Crippen LogP contribution in [0.15, 0.2) is 84.0 Å². The van der Waals surface area contributed by atoms with E-state index in [0.717, 1.165) is 16.7 Å². The first-order valence-electron chi connectivity index (χ1n) is 11.2. The van der Waals surface area contributed by atoms with Gasteiger partial charge in [-0.2, -0.15) is 0 Å². The number of benzene rings is 3. The maximum absolute atomic E-state index is 13.9. The highest BCUT2D eigenvalue weighted by atomic mass is 16.7. The minimum Gasteiger partial charge on any atom is -0.496 e. The predicted octanol–water partition coefficient (Wildman–Crippen LogP) is 4.88. The third kappa shape index (κ3) is 3.29. The second kappa shape index (κ2) is 8.78. The molecule has 6 heteroatoms. The van der Waals surface area contributed by atoms with Gasteiger partial charge < -0.3 is 14.3 Å². The summed E-state index contributed by atoms with van der Waals surface area (Å²) in [5.74, 6) is -0.238. The molecule has 0 saturated heterocycles. The highest BCUT2D eigenvalue weighted by Gasteiger charge is 2.64. The molecule has 1 unspecified atom stereocenters. The van der Waals surface area contributed by atoms with Crippen LogP contribution in [-0.4, -0.2) is 31.7 Å². The standard InChI is InChI=1S/C28H25NO5/c1-32-24-14-8-6-12-20(24)22-16-19(30)17-23(21-13-7-9-15-25(21)33-2)28(22)26(29-34-27(28)31)18-10-4-3-5-11-18/h3-15,22-23H,16-17H2,1-2H3/t22-,23+,28?. The Bertz CT molecular complexity index is 1210. The van der Waals surface area contributed by atoms with Crippen LogP contribution in [0.4, 0.5) is 0 Å². The molecule has 3 atom stereocenters. The normalized spacial score (nSPS) is 24.0. The van der Waals surface area contributed by atoms with Crippen LogP contribution in [0.5, 0.6) is 11.5 Å². The number of methoxy groups -OCH3 is 2. The van der Waals surface area contributed by atoms with Gasteiger partial charge in [-0.1, -0.05) is 71.9 Å². The van der Waals surface area contributed by atoms with Crippen molar-refractivity contribution < 1.29 is 23.9 Å². The summed E-state index contributed by atoms with van der Waals surface area (Å²) in [5, 5.41) is 4.33. The molecule has 34 heavy (non-hydrogen) atoms. The van der Waals surface area contributed by atoms with Crippen LogP contribution < -0.4 is 9.47 Å². The number of hydrogen-bond acceptors (Lipinski definition) is 6. The van der Waals surface area contributed by atoms with Gasteiger partial charge in [0, 0.05) is 30.2 Å². The molecule has 3 aromatic carbocycles. The van der Waals surface area contributed by atoms with Crippen molar-refractivity contribution in [2.75, 3.05) is 14.2 Å². The molecule has 0 aromatic heterocycles. The summed E-state index contributed by atoms with van der Waals surface area (Å²) in [6.07, 6.45) is 0.347. The summed E-state index contributed by atoms with van der Waals surface area (Å²) in [6.45, 7) is 0. The Balaban J connectivity index is 1.82. The Hall–Kier alpha value is -3.93. The Morgan fingerprint density at radius 2 is 1.26 bits per heavy atom. The van der Waals surface area contributed by atoms with Gasteiger partial charge in [0.15, 0.2) is 0 Å². The summed E-state index contributed by atoms with van der Waals surface area (Å²) in [6, 6.07) is 24.6. The van der Waals surface area contributed by atoms with Gasteiger partial charge in [-0.05, 0) is 23.3 Å². The number of carbonyl (C=O) groups excluding carboxylic acids is 2. The van der Waals surface area contributed by atoms with E-state index in [1.165, 1.54) is 0 Å². The average Bonchev–Trinajstić information content (AvgIpc) is 3.22. The first-order chi connectivity index (χ1) is 16.6. The maximum Gasteiger partial charge on any atom is 0.348 e. The molecule has 1 spiro atoms. The minimum atomic E-state index is -1.24. The third-order valence-corrected chi connectivity index (χ3v) is 6.99. The first kappa shape index (κ1) is 21.9. The number of hydrogen-bond donors (Lipinski definition) is 0. The van der Waals surface area contributed by atoms with Crippen LogP contribution in [-0.2, 0) is 14.4 Å². The fourth-order valence-corrected chi connectivity index (χ4v) is 5.56. The molecule has 0 bridgehead atoms. The molecular weight excluding hydrogens is 430 g/mol. The van der Waals surface area contributed by atoms with Crippen LogP contribution in [0.1, 0.15) is 41.4 Å². The second-order valence-corrected chi connectivity index (χ2v) is 8.59. The molecule has 6 nitrogen and oxygen atoms in total. The Labute approximate surface area is 198 Å². The molecule has 5 rings (SSSR count). The third-order valence-electron chi connectivity index (χ3n) is 6.99. The largest absolute Gasteiger partial charge is 0.496 e. The van der Waals surface area contributed by atoms with E-state index in [4.69, 9.17) is 14.3 Å². The SMILES string of the molecule is COc1ccccc1[C@H]1CC(=O)C[C@@H](c2ccccc2OC)C12C(=O)ON=C2c1ccccc1. The molecule has 1 heterocycles. The molecule has 0 radical (unpaired) electrons. The van der Waals surface area contributed by atoms with Crippen molar-refractivity contribution in [1.82, 2.24) is 0 Å². The Kier molecular flexibility index (Phi) is 5.65. The summed E-state index contributed by atoms with van der Waals surface area (Å²) in [5.41, 5.74) is 1.62. The highest BCUT2D eigenvalue weighted by Crippen LogP contribution is 2.60. The monoisotopic (exact) mass is 455 g/mol. The fourth-order valence-electron chi connectivity index (χ4n) is 5.56. The summed E-state index contributed by atoms with van der Waals surface area (Å²) >= 11 is 0. The van der Waals surface area contributed by atoms with Gasteiger partial charge in [0.2, 0.25) is 0 Å². The van der Waals surface area contributed by atoms with Gasteiger partial charge in [0.1, 0.15) is 28.4 Å². The zero-order valence-electron chi connectivity index (χ0n) is 19.1. The van der Waals surface area contributed by atoms with E-state index in [9.17, 15) is 9.59 Å². The van der Waals surface area contributed by atoms with Gasteiger partial charge in [-0.25, -0.2) is 4.79 Å². The number of rotatable bonds is 5. The highest BCUT2D eigenvalue weighted by molar-refractivity contribution is 6.20. The number of carbonyl (C=O) groups is 2. The van der Waals surface area contributed by atoms with Crippen molar-refractivity contribution in [1.29, 1.82) is 0 Å². The number of ketones is 1. The average molecular weight is 456 g/mol. The molecule has 1 saturated carbocycles. The lowest BCUT2D eigenvalue weighted by molar-refractivity contribution is -0.152. The van der Waals surface area contributed by atoms with E-state index in [1.807, 2.05) is 78.9 Å². The van der Waals surface area contributed by atoms with Crippen molar-refractivity contribution in [2.45, 2.75) is 24.7 Å². The molecule has 0 N–H and O–H groups in total. The van der Waals surface area contributed by atoms with E-state index >= 15 is 0 Å². The van der Waals surface area contributed by atoms with Crippen LogP contribution in [0, 0.1) is 5.41 Å². The smallest absolute Gasteiger partial charge is 0.348 e. The van der Waals surface area contributed by atoms with Gasteiger partial charge in [-0.15, -0.1) is 0 Å². The molecule has 1 fully saturated rings. The van der Waals surface area contributed by atoms with Gasteiger partial charge >= 0.3 is 5.97 Å². The van der Waals surface area contributed by atoms with Crippen molar-refractivity contribution in [2.24, 2.45) is 10.6 Å². The van der Waals surface area contributed by atoms with Crippen molar-refractivity contribution in [3.63, 3.8) is 0 Å². The molecule has 1 aliphatic heterocycles. The molecular formula is C28H25NO5. The molecule has 3 aromatic rings. The van der Waals surface area contributed by atoms with Crippen molar-refractivity contribution in [3.8, 4) is 11.5 Å².